The van der Waals surface area contributed by atoms with E-state index >= 15 is 0 Å². The fraction of sp³-hybridized carbons (Fsp3) is 0.833. The first-order chi connectivity index (χ1) is 6.13. The fourth-order valence-electron chi connectivity index (χ4n) is 2.99. The van der Waals surface area contributed by atoms with Gasteiger partial charge in [-0.1, -0.05) is 18.1 Å². The molecule has 13 heavy (non-hydrogen) atoms. The van der Waals surface area contributed by atoms with Gasteiger partial charge in [0.15, 0.2) is 0 Å². The van der Waals surface area contributed by atoms with Crippen molar-refractivity contribution in [2.24, 2.45) is 5.41 Å². The lowest BCUT2D eigenvalue weighted by Crippen LogP contribution is -2.50. The Morgan fingerprint density at radius 3 is 2.85 bits per heavy atom. The van der Waals surface area contributed by atoms with Gasteiger partial charge >= 0.3 is 0 Å². The maximum absolute atomic E-state index is 3.68. The summed E-state index contributed by atoms with van der Waals surface area (Å²) in [4.78, 5) is 0. The van der Waals surface area contributed by atoms with Crippen molar-refractivity contribution < 1.29 is 0 Å². The largest absolute Gasteiger partial charge is 0.310 e. The topological polar surface area (TPSA) is 12.0 Å². The average molecular weight is 179 g/mol. The predicted molar refractivity (Wildman–Crippen MR) is 56.7 cm³/mol. The molecule has 1 nitrogen and oxygen atoms in total. The SMILES string of the molecule is CC1=C(C)C2NCCCC2(C)CC1. The Balaban J connectivity index is 2.29. The summed E-state index contributed by atoms with van der Waals surface area (Å²) in [5, 5.41) is 3.68. The van der Waals surface area contributed by atoms with Crippen molar-refractivity contribution in [3.63, 3.8) is 0 Å². The van der Waals surface area contributed by atoms with Crippen LogP contribution in [0.1, 0.15) is 46.5 Å². The molecule has 74 valence electrons. The number of rotatable bonds is 0. The van der Waals surface area contributed by atoms with Gasteiger partial charge in [-0.25, -0.2) is 0 Å². The molecule has 0 aromatic heterocycles. The van der Waals surface area contributed by atoms with E-state index < -0.39 is 0 Å². The molecule has 0 radical (unpaired) electrons. The van der Waals surface area contributed by atoms with Gasteiger partial charge in [0.1, 0.15) is 0 Å². The van der Waals surface area contributed by atoms with E-state index in [0.29, 0.717) is 11.5 Å². The first-order valence-corrected chi connectivity index (χ1v) is 5.53. The predicted octanol–water partition coefficient (Wildman–Crippen LogP) is 2.87. The van der Waals surface area contributed by atoms with Gasteiger partial charge in [0.25, 0.3) is 0 Å². The van der Waals surface area contributed by atoms with Gasteiger partial charge in [-0.15, -0.1) is 0 Å². The Morgan fingerprint density at radius 1 is 1.31 bits per heavy atom. The van der Waals surface area contributed by atoms with Crippen LogP contribution in [0.5, 0.6) is 0 Å². The lowest BCUT2D eigenvalue weighted by molar-refractivity contribution is 0.154. The highest BCUT2D eigenvalue weighted by molar-refractivity contribution is 5.24. The first-order valence-electron chi connectivity index (χ1n) is 5.53. The Labute approximate surface area is 81.6 Å². The maximum atomic E-state index is 3.68. The van der Waals surface area contributed by atoms with Crippen molar-refractivity contribution in [1.82, 2.24) is 5.32 Å². The summed E-state index contributed by atoms with van der Waals surface area (Å²) in [7, 11) is 0. The number of hydrogen-bond acceptors (Lipinski definition) is 1. The van der Waals surface area contributed by atoms with Crippen LogP contribution in [0, 0.1) is 5.41 Å². The van der Waals surface area contributed by atoms with Gasteiger partial charge in [-0.3, -0.25) is 0 Å². The summed E-state index contributed by atoms with van der Waals surface area (Å²) in [5.74, 6) is 0. The summed E-state index contributed by atoms with van der Waals surface area (Å²) >= 11 is 0. The van der Waals surface area contributed by atoms with Crippen molar-refractivity contribution in [2.75, 3.05) is 6.54 Å². The van der Waals surface area contributed by atoms with E-state index in [1.54, 1.807) is 11.1 Å². The van der Waals surface area contributed by atoms with Crippen LogP contribution >= 0.6 is 0 Å². The van der Waals surface area contributed by atoms with Gasteiger partial charge in [0.05, 0.1) is 0 Å². The third-order valence-electron chi connectivity index (χ3n) is 4.15. The minimum Gasteiger partial charge on any atom is -0.310 e. The van der Waals surface area contributed by atoms with Crippen LogP contribution in [-0.2, 0) is 0 Å². The van der Waals surface area contributed by atoms with Crippen LogP contribution < -0.4 is 5.32 Å². The van der Waals surface area contributed by atoms with E-state index in [-0.39, 0.29) is 0 Å². The molecule has 2 aliphatic rings. The fourth-order valence-corrected chi connectivity index (χ4v) is 2.99. The summed E-state index contributed by atoms with van der Waals surface area (Å²) < 4.78 is 0. The van der Waals surface area contributed by atoms with Crippen LogP contribution in [0.25, 0.3) is 0 Å². The number of nitrogens with one attached hydrogen (secondary N) is 1. The lowest BCUT2D eigenvalue weighted by atomic mass is 9.65. The van der Waals surface area contributed by atoms with Gasteiger partial charge in [0.2, 0.25) is 0 Å². The molecule has 1 aliphatic carbocycles. The highest BCUT2D eigenvalue weighted by atomic mass is 15.0. The molecule has 0 aromatic rings. The van der Waals surface area contributed by atoms with Crippen LogP contribution in [0.3, 0.4) is 0 Å². The molecule has 2 unspecified atom stereocenters. The van der Waals surface area contributed by atoms with Gasteiger partial charge in [-0.2, -0.15) is 0 Å². The van der Waals surface area contributed by atoms with Gasteiger partial charge in [-0.05, 0) is 51.5 Å². The zero-order valence-electron chi connectivity index (χ0n) is 9.11. The number of piperidine rings is 1. The molecular weight excluding hydrogens is 158 g/mol. The number of hydrogen-bond donors (Lipinski definition) is 1. The van der Waals surface area contributed by atoms with Crippen LogP contribution in [-0.4, -0.2) is 12.6 Å². The molecule has 0 amide bonds. The second-order valence-electron chi connectivity index (χ2n) is 5.11. The molecule has 1 aliphatic heterocycles. The zero-order valence-corrected chi connectivity index (χ0v) is 9.11. The molecule has 1 fully saturated rings. The normalized spacial score (nSPS) is 40.4. The molecule has 0 aromatic carbocycles. The van der Waals surface area contributed by atoms with Crippen molar-refractivity contribution in [3.05, 3.63) is 11.1 Å². The lowest BCUT2D eigenvalue weighted by Gasteiger charge is -2.46. The summed E-state index contributed by atoms with van der Waals surface area (Å²) in [5.41, 5.74) is 3.80. The summed E-state index contributed by atoms with van der Waals surface area (Å²) in [6.07, 6.45) is 5.48. The Morgan fingerprint density at radius 2 is 2.08 bits per heavy atom. The third kappa shape index (κ3) is 1.43. The molecule has 0 spiro atoms. The standard InChI is InChI=1S/C12H21N/c1-9-5-7-12(3)6-4-8-13-11(12)10(9)2/h11,13H,4-8H2,1-3H3. The summed E-state index contributed by atoms with van der Waals surface area (Å²) in [6, 6.07) is 0.676. The second-order valence-corrected chi connectivity index (χ2v) is 5.11. The molecular formula is C12H21N. The third-order valence-corrected chi connectivity index (χ3v) is 4.15. The Kier molecular flexibility index (Phi) is 2.23. The van der Waals surface area contributed by atoms with Crippen molar-refractivity contribution in [2.45, 2.75) is 52.5 Å². The first kappa shape index (κ1) is 9.26. The molecule has 1 N–H and O–H groups in total. The molecule has 1 heteroatoms. The van der Waals surface area contributed by atoms with Gasteiger partial charge in [0, 0.05) is 6.04 Å². The Hall–Kier alpha value is -0.300. The van der Waals surface area contributed by atoms with Crippen LogP contribution in [0.4, 0.5) is 0 Å². The van der Waals surface area contributed by atoms with E-state index in [0.717, 1.165) is 0 Å². The number of allylic oxidation sites excluding steroid dienone is 1. The van der Waals surface area contributed by atoms with Crippen LogP contribution in [0.2, 0.25) is 0 Å². The van der Waals surface area contributed by atoms with Crippen LogP contribution in [0.15, 0.2) is 11.1 Å². The van der Waals surface area contributed by atoms with Crippen molar-refractivity contribution in [1.29, 1.82) is 0 Å². The highest BCUT2D eigenvalue weighted by Gasteiger charge is 2.39. The highest BCUT2D eigenvalue weighted by Crippen LogP contribution is 2.44. The molecule has 1 saturated heterocycles. The van der Waals surface area contributed by atoms with Gasteiger partial charge < -0.3 is 5.32 Å². The van der Waals surface area contributed by atoms with E-state index in [9.17, 15) is 0 Å². The zero-order chi connectivity index (χ0) is 9.47. The minimum atomic E-state index is 0.557. The smallest absolute Gasteiger partial charge is 0.0333 e. The molecule has 2 atom stereocenters. The van der Waals surface area contributed by atoms with Crippen molar-refractivity contribution in [3.8, 4) is 0 Å². The molecule has 0 saturated carbocycles. The summed E-state index contributed by atoms with van der Waals surface area (Å²) in [6.45, 7) is 8.28. The van der Waals surface area contributed by atoms with E-state index in [4.69, 9.17) is 0 Å². The molecule has 2 rings (SSSR count). The minimum absolute atomic E-state index is 0.557. The monoisotopic (exact) mass is 179 g/mol. The average Bonchev–Trinajstić information content (AvgIpc) is 2.12. The number of fused-ring (bicyclic) bond motifs is 1. The van der Waals surface area contributed by atoms with E-state index in [1.807, 2.05) is 0 Å². The van der Waals surface area contributed by atoms with E-state index in [1.165, 1.54) is 32.2 Å². The second kappa shape index (κ2) is 3.13. The van der Waals surface area contributed by atoms with Crippen molar-refractivity contribution >= 4 is 0 Å². The molecule has 1 heterocycles. The quantitative estimate of drug-likeness (QED) is 0.564. The molecule has 0 bridgehead atoms. The van der Waals surface area contributed by atoms with E-state index in [2.05, 4.69) is 26.1 Å². The Bertz CT molecular complexity index is 242. The maximum Gasteiger partial charge on any atom is 0.0333 e.